The number of carbonyl (C=O) groups is 2. The lowest BCUT2D eigenvalue weighted by Crippen LogP contribution is -2.28. The van der Waals surface area contributed by atoms with Gasteiger partial charge in [0.05, 0.1) is 6.10 Å². The van der Waals surface area contributed by atoms with Gasteiger partial charge in [-0.2, -0.15) is 0 Å². The summed E-state index contributed by atoms with van der Waals surface area (Å²) in [6.07, 6.45) is 1.60. The molecule has 0 aromatic heterocycles. The molecule has 1 heterocycles. The molecule has 0 aliphatic carbocycles. The lowest BCUT2D eigenvalue weighted by atomic mass is 10.2. The van der Waals surface area contributed by atoms with Crippen LogP contribution in [0.3, 0.4) is 0 Å². The molecule has 1 aliphatic rings. The summed E-state index contributed by atoms with van der Waals surface area (Å²) in [4.78, 5) is 25.0. The second-order valence-electron chi connectivity index (χ2n) is 5.45. The van der Waals surface area contributed by atoms with E-state index in [0.717, 1.165) is 24.2 Å². The van der Waals surface area contributed by atoms with E-state index in [1.165, 1.54) is 0 Å². The number of rotatable bonds is 6. The zero-order valence-corrected chi connectivity index (χ0v) is 12.6. The number of hydrogen-bond acceptors (Lipinski definition) is 3. The number of nitrogens with one attached hydrogen (secondary N) is 1. The average Bonchev–Trinajstić information content (AvgIpc) is 2.89. The molecule has 2 rings (SSSR count). The van der Waals surface area contributed by atoms with Crippen LogP contribution in [0.1, 0.15) is 32.3 Å². The molecular formula is C16H22N2O3. The molecule has 0 unspecified atom stereocenters. The Labute approximate surface area is 125 Å². The van der Waals surface area contributed by atoms with Crippen molar-refractivity contribution < 1.29 is 14.3 Å². The molecule has 0 bridgehead atoms. The highest BCUT2D eigenvalue weighted by Gasteiger charge is 2.21. The largest absolute Gasteiger partial charge is 0.369 e. The van der Waals surface area contributed by atoms with E-state index >= 15 is 0 Å². The van der Waals surface area contributed by atoms with Gasteiger partial charge < -0.3 is 15.0 Å². The smallest absolute Gasteiger partial charge is 0.246 e. The maximum absolute atomic E-state index is 11.7. The molecule has 0 spiro atoms. The molecule has 0 radical (unpaired) electrons. The first-order chi connectivity index (χ1) is 10.1. The minimum atomic E-state index is -0.123. The van der Waals surface area contributed by atoms with Crippen molar-refractivity contribution in [2.24, 2.45) is 0 Å². The van der Waals surface area contributed by atoms with Crippen molar-refractivity contribution in [1.82, 2.24) is 5.32 Å². The van der Waals surface area contributed by atoms with Crippen molar-refractivity contribution in [3.63, 3.8) is 0 Å². The number of amides is 2. The molecule has 1 aromatic carbocycles. The quantitative estimate of drug-likeness (QED) is 0.870. The fourth-order valence-corrected chi connectivity index (χ4v) is 2.21. The fourth-order valence-electron chi connectivity index (χ4n) is 2.21. The Morgan fingerprint density at radius 1 is 1.33 bits per heavy atom. The summed E-state index contributed by atoms with van der Waals surface area (Å²) in [7, 11) is 0. The van der Waals surface area contributed by atoms with Crippen LogP contribution in [-0.2, 0) is 20.9 Å². The summed E-state index contributed by atoms with van der Waals surface area (Å²) in [5.41, 5.74) is 1.93. The highest BCUT2D eigenvalue weighted by Crippen LogP contribution is 2.21. The summed E-state index contributed by atoms with van der Waals surface area (Å²) in [6.45, 7) is 5.13. The molecule has 0 atom stereocenters. The minimum absolute atomic E-state index is 0.0491. The molecular weight excluding hydrogens is 268 g/mol. The van der Waals surface area contributed by atoms with E-state index in [1.807, 2.05) is 38.1 Å². The van der Waals surface area contributed by atoms with Gasteiger partial charge in [-0.15, -0.1) is 0 Å². The van der Waals surface area contributed by atoms with Gasteiger partial charge in [0.25, 0.3) is 0 Å². The number of ether oxygens (including phenoxy) is 1. The van der Waals surface area contributed by atoms with Gasteiger partial charge in [0.2, 0.25) is 11.8 Å². The van der Waals surface area contributed by atoms with Crippen LogP contribution in [0.25, 0.3) is 0 Å². The van der Waals surface area contributed by atoms with E-state index < -0.39 is 0 Å². The minimum Gasteiger partial charge on any atom is -0.369 e. The van der Waals surface area contributed by atoms with Crippen LogP contribution < -0.4 is 10.2 Å². The highest BCUT2D eigenvalue weighted by atomic mass is 16.5. The summed E-state index contributed by atoms with van der Waals surface area (Å²) in [5, 5.41) is 2.81. The Morgan fingerprint density at radius 2 is 2.05 bits per heavy atom. The molecule has 1 fully saturated rings. The number of carbonyl (C=O) groups excluding carboxylic acids is 2. The van der Waals surface area contributed by atoms with E-state index in [9.17, 15) is 9.59 Å². The van der Waals surface area contributed by atoms with E-state index in [4.69, 9.17) is 4.74 Å². The van der Waals surface area contributed by atoms with Crippen LogP contribution in [0, 0.1) is 0 Å². The summed E-state index contributed by atoms with van der Waals surface area (Å²) >= 11 is 0. The Bertz CT molecular complexity index is 497. The highest BCUT2D eigenvalue weighted by molar-refractivity contribution is 5.95. The second kappa shape index (κ2) is 7.22. The SMILES string of the molecule is CC(C)OCC(=O)NCc1ccc(N2CCCC2=O)cc1. The molecule has 21 heavy (non-hydrogen) atoms. The number of benzene rings is 1. The monoisotopic (exact) mass is 290 g/mol. The van der Waals surface area contributed by atoms with Crippen molar-refractivity contribution in [3.8, 4) is 0 Å². The van der Waals surface area contributed by atoms with Crippen molar-refractivity contribution in [2.75, 3.05) is 18.1 Å². The predicted octanol–water partition coefficient (Wildman–Crippen LogP) is 1.85. The predicted molar refractivity (Wildman–Crippen MR) is 81.0 cm³/mol. The first-order valence-corrected chi connectivity index (χ1v) is 7.34. The molecule has 5 nitrogen and oxygen atoms in total. The second-order valence-corrected chi connectivity index (χ2v) is 5.45. The Morgan fingerprint density at radius 3 is 2.62 bits per heavy atom. The van der Waals surface area contributed by atoms with Gasteiger partial charge in [-0.3, -0.25) is 9.59 Å². The Kier molecular flexibility index (Phi) is 5.33. The first kappa shape index (κ1) is 15.5. The third-order valence-corrected chi connectivity index (χ3v) is 3.36. The van der Waals surface area contributed by atoms with Crippen LogP contribution in [0.2, 0.25) is 0 Å². The number of anilines is 1. The topological polar surface area (TPSA) is 58.6 Å². The van der Waals surface area contributed by atoms with E-state index in [-0.39, 0.29) is 24.5 Å². The normalized spacial score (nSPS) is 14.8. The van der Waals surface area contributed by atoms with Crippen LogP contribution in [0.4, 0.5) is 5.69 Å². The summed E-state index contributed by atoms with van der Waals surface area (Å²) in [6, 6.07) is 7.72. The molecule has 5 heteroatoms. The van der Waals surface area contributed by atoms with Gasteiger partial charge >= 0.3 is 0 Å². The number of hydrogen-bond donors (Lipinski definition) is 1. The third kappa shape index (κ3) is 4.56. The standard InChI is InChI=1S/C16H22N2O3/c1-12(2)21-11-15(19)17-10-13-5-7-14(8-6-13)18-9-3-4-16(18)20/h5-8,12H,3-4,9-11H2,1-2H3,(H,17,19). The van der Waals surface area contributed by atoms with Gasteiger partial charge in [0, 0.05) is 25.2 Å². The summed E-state index contributed by atoms with van der Waals surface area (Å²) in [5.74, 6) is 0.0596. The zero-order chi connectivity index (χ0) is 15.2. The lowest BCUT2D eigenvalue weighted by Gasteiger charge is -2.16. The lowest BCUT2D eigenvalue weighted by molar-refractivity contribution is -0.127. The van der Waals surface area contributed by atoms with E-state index in [0.29, 0.717) is 13.0 Å². The average molecular weight is 290 g/mol. The molecule has 0 saturated carbocycles. The summed E-state index contributed by atoms with van der Waals surface area (Å²) < 4.78 is 5.23. The van der Waals surface area contributed by atoms with Crippen molar-refractivity contribution in [2.45, 2.75) is 39.3 Å². The van der Waals surface area contributed by atoms with Crippen molar-refractivity contribution >= 4 is 17.5 Å². The van der Waals surface area contributed by atoms with Gasteiger partial charge in [0.1, 0.15) is 6.61 Å². The van der Waals surface area contributed by atoms with Gasteiger partial charge in [0.15, 0.2) is 0 Å². The van der Waals surface area contributed by atoms with Gasteiger partial charge in [-0.05, 0) is 38.0 Å². The van der Waals surface area contributed by atoms with Crippen LogP contribution >= 0.6 is 0 Å². The van der Waals surface area contributed by atoms with Gasteiger partial charge in [-0.1, -0.05) is 12.1 Å². The third-order valence-electron chi connectivity index (χ3n) is 3.36. The van der Waals surface area contributed by atoms with E-state index in [2.05, 4.69) is 5.32 Å². The molecule has 1 aromatic rings. The first-order valence-electron chi connectivity index (χ1n) is 7.34. The number of nitrogens with zero attached hydrogens (tertiary/aromatic N) is 1. The maximum atomic E-state index is 11.7. The van der Waals surface area contributed by atoms with Crippen LogP contribution in [0.15, 0.2) is 24.3 Å². The molecule has 1 N–H and O–H groups in total. The van der Waals surface area contributed by atoms with Gasteiger partial charge in [-0.25, -0.2) is 0 Å². The molecule has 114 valence electrons. The zero-order valence-electron chi connectivity index (χ0n) is 12.6. The molecule has 1 saturated heterocycles. The van der Waals surface area contributed by atoms with Crippen LogP contribution in [-0.4, -0.2) is 31.1 Å². The van der Waals surface area contributed by atoms with Crippen molar-refractivity contribution in [1.29, 1.82) is 0 Å². The Hall–Kier alpha value is -1.88. The van der Waals surface area contributed by atoms with Crippen molar-refractivity contribution in [3.05, 3.63) is 29.8 Å². The Balaban J connectivity index is 1.82. The maximum Gasteiger partial charge on any atom is 0.246 e. The van der Waals surface area contributed by atoms with Crippen LogP contribution in [0.5, 0.6) is 0 Å². The molecule has 2 amide bonds. The van der Waals surface area contributed by atoms with E-state index in [1.54, 1.807) is 4.90 Å². The fraction of sp³-hybridized carbons (Fsp3) is 0.500. The molecule has 1 aliphatic heterocycles.